The highest BCUT2D eigenvalue weighted by Crippen LogP contribution is 2.05. The molecule has 0 amide bonds. The minimum absolute atomic E-state index is 0.273. The lowest BCUT2D eigenvalue weighted by Gasteiger charge is -2.01. The molecule has 0 aliphatic heterocycles. The van der Waals surface area contributed by atoms with Crippen molar-refractivity contribution in [2.45, 2.75) is 26.7 Å². The van der Waals surface area contributed by atoms with Crippen molar-refractivity contribution in [3.63, 3.8) is 0 Å². The molecule has 0 aliphatic rings. The van der Waals surface area contributed by atoms with Gasteiger partial charge in [0.2, 0.25) is 0 Å². The van der Waals surface area contributed by atoms with Gasteiger partial charge in [-0.2, -0.15) is 5.26 Å². The van der Waals surface area contributed by atoms with Crippen LogP contribution < -0.4 is 5.73 Å². The van der Waals surface area contributed by atoms with E-state index in [9.17, 15) is 4.79 Å². The van der Waals surface area contributed by atoms with Crippen LogP contribution in [0.25, 0.3) is 0 Å². The molecule has 4 heteroatoms. The van der Waals surface area contributed by atoms with Crippen molar-refractivity contribution < 1.29 is 14.9 Å². The summed E-state index contributed by atoms with van der Waals surface area (Å²) in [4.78, 5) is 14.1. The Balaban J connectivity index is 4.26. The van der Waals surface area contributed by atoms with Crippen LogP contribution in [0.1, 0.15) is 26.7 Å². The van der Waals surface area contributed by atoms with Gasteiger partial charge in [0.05, 0.1) is 5.57 Å². The van der Waals surface area contributed by atoms with Crippen molar-refractivity contribution in [1.29, 1.82) is 0 Å². The largest absolute Gasteiger partial charge is 0.402 e. The first-order chi connectivity index (χ1) is 5.13. The topological polar surface area (TPSA) is 72.6 Å². The van der Waals surface area contributed by atoms with E-state index in [1.807, 2.05) is 6.92 Å². The first-order valence-corrected chi connectivity index (χ1v) is 3.44. The first kappa shape index (κ1) is 9.97. The van der Waals surface area contributed by atoms with E-state index in [-0.39, 0.29) is 5.57 Å². The van der Waals surface area contributed by atoms with Gasteiger partial charge in [0.15, 0.2) is 0 Å². The van der Waals surface area contributed by atoms with E-state index in [4.69, 9.17) is 11.0 Å². The van der Waals surface area contributed by atoms with Crippen LogP contribution in [-0.4, -0.2) is 11.2 Å². The van der Waals surface area contributed by atoms with Gasteiger partial charge >= 0.3 is 5.97 Å². The number of allylic oxidation sites excluding steroid dienone is 1. The lowest BCUT2D eigenvalue weighted by atomic mass is 10.1. The Morgan fingerprint density at radius 3 is 2.55 bits per heavy atom. The van der Waals surface area contributed by atoms with Crippen LogP contribution >= 0.6 is 0 Å². The fourth-order valence-corrected chi connectivity index (χ4v) is 0.656. The molecule has 0 heterocycles. The first-order valence-electron chi connectivity index (χ1n) is 3.44. The normalized spacial score (nSPS) is 12.3. The average Bonchev–Trinajstić information content (AvgIpc) is 2.02. The molecule has 11 heavy (non-hydrogen) atoms. The average molecular weight is 159 g/mol. The Hall–Kier alpha value is -1.03. The van der Waals surface area contributed by atoms with E-state index >= 15 is 0 Å². The van der Waals surface area contributed by atoms with E-state index in [0.29, 0.717) is 12.1 Å². The smallest absolute Gasteiger partial charge is 0.370 e. The summed E-state index contributed by atoms with van der Waals surface area (Å²) < 4.78 is 0. The number of carbonyl (C=O) groups excluding carboxylic acids is 1. The molecule has 0 saturated heterocycles. The lowest BCUT2D eigenvalue weighted by Crippen LogP contribution is -2.10. The standard InChI is InChI=1S/C7H13NO3/c1-3-4-6(8)5(2)7(9)11-10/h10H,3-4,8H2,1-2H3. The third-order valence-corrected chi connectivity index (χ3v) is 1.39. The number of nitrogens with two attached hydrogens (primary N) is 1. The van der Waals surface area contributed by atoms with Crippen molar-refractivity contribution in [1.82, 2.24) is 0 Å². The van der Waals surface area contributed by atoms with E-state index in [2.05, 4.69) is 4.89 Å². The van der Waals surface area contributed by atoms with E-state index in [1.165, 1.54) is 6.92 Å². The monoisotopic (exact) mass is 159 g/mol. The highest BCUT2D eigenvalue weighted by atomic mass is 17.1. The zero-order chi connectivity index (χ0) is 8.85. The Kier molecular flexibility index (Phi) is 4.29. The van der Waals surface area contributed by atoms with Crippen molar-refractivity contribution >= 4 is 5.97 Å². The molecule has 0 bridgehead atoms. The fourth-order valence-electron chi connectivity index (χ4n) is 0.656. The Labute approximate surface area is 65.6 Å². The molecular weight excluding hydrogens is 146 g/mol. The molecule has 64 valence electrons. The van der Waals surface area contributed by atoms with Crippen LogP contribution in [0, 0.1) is 0 Å². The third-order valence-electron chi connectivity index (χ3n) is 1.39. The Morgan fingerprint density at radius 1 is 1.64 bits per heavy atom. The lowest BCUT2D eigenvalue weighted by molar-refractivity contribution is -0.229. The molecule has 0 atom stereocenters. The molecule has 0 rings (SSSR count). The summed E-state index contributed by atoms with van der Waals surface area (Å²) in [7, 11) is 0. The van der Waals surface area contributed by atoms with Crippen LogP contribution in [0.15, 0.2) is 11.3 Å². The zero-order valence-corrected chi connectivity index (χ0v) is 6.76. The number of carbonyl (C=O) groups is 1. The zero-order valence-electron chi connectivity index (χ0n) is 6.76. The van der Waals surface area contributed by atoms with Gasteiger partial charge < -0.3 is 5.73 Å². The molecule has 0 saturated carbocycles. The summed E-state index contributed by atoms with van der Waals surface area (Å²) in [5.41, 5.74) is 6.21. The van der Waals surface area contributed by atoms with Crippen LogP contribution in [0.3, 0.4) is 0 Å². The summed E-state index contributed by atoms with van der Waals surface area (Å²) in [6.45, 7) is 3.47. The van der Waals surface area contributed by atoms with Crippen LogP contribution in [0.4, 0.5) is 0 Å². The predicted octanol–water partition coefficient (Wildman–Crippen LogP) is 1.04. The second-order valence-electron chi connectivity index (χ2n) is 2.28. The number of hydrogen-bond acceptors (Lipinski definition) is 4. The third kappa shape index (κ3) is 3.04. The minimum Gasteiger partial charge on any atom is -0.402 e. The maximum Gasteiger partial charge on any atom is 0.370 e. The van der Waals surface area contributed by atoms with E-state index in [0.717, 1.165) is 6.42 Å². The molecule has 0 radical (unpaired) electrons. The molecule has 0 spiro atoms. The molecule has 0 fully saturated rings. The maximum atomic E-state index is 10.6. The molecule has 0 aliphatic carbocycles. The van der Waals surface area contributed by atoms with Gasteiger partial charge in [-0.3, -0.25) is 4.89 Å². The summed E-state index contributed by atoms with van der Waals surface area (Å²) in [5, 5.41) is 7.98. The Bertz CT molecular complexity index is 175. The molecule has 0 unspecified atom stereocenters. The molecule has 3 N–H and O–H groups in total. The van der Waals surface area contributed by atoms with Crippen molar-refractivity contribution in [2.24, 2.45) is 5.73 Å². The molecule has 0 aromatic carbocycles. The second-order valence-corrected chi connectivity index (χ2v) is 2.28. The highest BCUT2D eigenvalue weighted by molar-refractivity contribution is 5.87. The van der Waals surface area contributed by atoms with Gasteiger partial charge in [-0.25, -0.2) is 4.79 Å². The van der Waals surface area contributed by atoms with Gasteiger partial charge in [-0.15, -0.1) is 0 Å². The van der Waals surface area contributed by atoms with Gasteiger partial charge in [0.1, 0.15) is 0 Å². The fraction of sp³-hybridized carbons (Fsp3) is 0.571. The summed E-state index contributed by atoms with van der Waals surface area (Å²) in [6, 6.07) is 0. The van der Waals surface area contributed by atoms with Gasteiger partial charge in [-0.1, -0.05) is 13.3 Å². The molecular formula is C7H13NO3. The van der Waals surface area contributed by atoms with Crippen molar-refractivity contribution in [2.75, 3.05) is 0 Å². The van der Waals surface area contributed by atoms with Crippen molar-refractivity contribution in [3.05, 3.63) is 11.3 Å². The van der Waals surface area contributed by atoms with Crippen LogP contribution in [0.5, 0.6) is 0 Å². The molecule has 0 aromatic rings. The van der Waals surface area contributed by atoms with Gasteiger partial charge in [-0.05, 0) is 13.3 Å². The predicted molar refractivity (Wildman–Crippen MR) is 40.5 cm³/mol. The minimum atomic E-state index is -0.782. The summed E-state index contributed by atoms with van der Waals surface area (Å²) in [6.07, 6.45) is 1.50. The van der Waals surface area contributed by atoms with E-state index in [1.54, 1.807) is 0 Å². The second kappa shape index (κ2) is 4.73. The van der Waals surface area contributed by atoms with Gasteiger partial charge in [0, 0.05) is 5.70 Å². The molecule has 4 nitrogen and oxygen atoms in total. The van der Waals surface area contributed by atoms with Gasteiger partial charge in [0.25, 0.3) is 0 Å². The van der Waals surface area contributed by atoms with Crippen molar-refractivity contribution in [3.8, 4) is 0 Å². The van der Waals surface area contributed by atoms with E-state index < -0.39 is 5.97 Å². The quantitative estimate of drug-likeness (QED) is 0.366. The van der Waals surface area contributed by atoms with Crippen LogP contribution in [0.2, 0.25) is 0 Å². The highest BCUT2D eigenvalue weighted by Gasteiger charge is 2.08. The maximum absolute atomic E-state index is 10.6. The van der Waals surface area contributed by atoms with Crippen LogP contribution in [-0.2, 0) is 9.68 Å². The molecule has 0 aromatic heterocycles. The summed E-state index contributed by atoms with van der Waals surface area (Å²) in [5.74, 6) is -0.782. The Morgan fingerprint density at radius 2 is 2.18 bits per heavy atom. The SMILES string of the molecule is CCCC(N)=C(C)C(=O)OO. The number of hydrogen-bond donors (Lipinski definition) is 2. The summed E-state index contributed by atoms with van der Waals surface area (Å²) >= 11 is 0. The number of rotatable bonds is 3.